The molecule has 0 aliphatic rings. The molecule has 0 fully saturated rings. The molecule has 2 heterocycles. The van der Waals surface area contributed by atoms with Gasteiger partial charge in [0, 0.05) is 24.1 Å². The molecular weight excluding hydrogens is 370 g/mol. The minimum atomic E-state index is 0.434. The van der Waals surface area contributed by atoms with E-state index < -0.39 is 0 Å². The van der Waals surface area contributed by atoms with Gasteiger partial charge in [0.15, 0.2) is 11.0 Å². The normalized spacial score (nSPS) is 10.9. The van der Waals surface area contributed by atoms with Crippen LogP contribution in [0.5, 0.6) is 5.75 Å². The van der Waals surface area contributed by atoms with Crippen molar-refractivity contribution in [3.8, 4) is 18.1 Å². The monoisotopic (exact) mass is 395 g/mol. The van der Waals surface area contributed by atoms with Crippen LogP contribution in [0, 0.1) is 12.3 Å². The standard InChI is InChI=1S/C21H25N5OS/c1-3-4-5-13-26-17-10-12-24-20(23)19(17)25-21(26)28-18-14-16(27-2)9-8-15(18)7-6-11-22/h1,8-10,12,14H,4-7,11,13,22H2,2H3,(H2,23,24). The van der Waals surface area contributed by atoms with E-state index in [0.29, 0.717) is 18.8 Å². The number of anilines is 1. The Kier molecular flexibility index (Phi) is 6.80. The Labute approximate surface area is 169 Å². The van der Waals surface area contributed by atoms with E-state index in [1.54, 1.807) is 25.1 Å². The molecule has 0 saturated heterocycles. The summed E-state index contributed by atoms with van der Waals surface area (Å²) in [4.78, 5) is 10.1. The Morgan fingerprint density at radius 2 is 2.14 bits per heavy atom. The molecule has 4 N–H and O–H groups in total. The summed E-state index contributed by atoms with van der Waals surface area (Å²) in [6.45, 7) is 1.43. The number of nitrogens with two attached hydrogens (primary N) is 2. The maximum absolute atomic E-state index is 6.07. The smallest absolute Gasteiger partial charge is 0.174 e. The van der Waals surface area contributed by atoms with Crippen LogP contribution in [-0.2, 0) is 13.0 Å². The highest BCUT2D eigenvalue weighted by atomic mass is 32.2. The highest BCUT2D eigenvalue weighted by Crippen LogP contribution is 2.36. The average molecular weight is 396 g/mol. The zero-order valence-corrected chi connectivity index (χ0v) is 16.8. The number of aromatic nitrogens is 3. The maximum Gasteiger partial charge on any atom is 0.174 e. The van der Waals surface area contributed by atoms with Crippen molar-refractivity contribution >= 4 is 28.6 Å². The molecule has 0 bridgehead atoms. The van der Waals surface area contributed by atoms with Gasteiger partial charge < -0.3 is 20.8 Å². The van der Waals surface area contributed by atoms with Gasteiger partial charge in [-0.3, -0.25) is 0 Å². The highest BCUT2D eigenvalue weighted by molar-refractivity contribution is 7.99. The molecular formula is C21H25N5OS. The molecule has 0 unspecified atom stereocenters. The van der Waals surface area contributed by atoms with E-state index in [2.05, 4.69) is 21.5 Å². The third-order valence-corrected chi connectivity index (χ3v) is 5.58. The zero-order chi connectivity index (χ0) is 19.9. The van der Waals surface area contributed by atoms with Gasteiger partial charge in [0.05, 0.1) is 12.6 Å². The molecule has 0 spiro atoms. The fourth-order valence-electron chi connectivity index (χ4n) is 3.04. The third kappa shape index (κ3) is 4.41. The van der Waals surface area contributed by atoms with E-state index in [4.69, 9.17) is 27.6 Å². The first-order chi connectivity index (χ1) is 13.7. The van der Waals surface area contributed by atoms with Gasteiger partial charge in [0.2, 0.25) is 0 Å². The summed E-state index contributed by atoms with van der Waals surface area (Å²) in [6.07, 6.45) is 10.6. The SMILES string of the molecule is C#CCCCn1c(Sc2cc(OC)ccc2CCCN)nc2c(N)nccc21. The van der Waals surface area contributed by atoms with Gasteiger partial charge in [-0.05, 0) is 49.6 Å². The van der Waals surface area contributed by atoms with Crippen LogP contribution in [0.25, 0.3) is 11.0 Å². The topological polar surface area (TPSA) is 92.0 Å². The van der Waals surface area contributed by atoms with Crippen molar-refractivity contribution in [2.45, 2.75) is 42.3 Å². The van der Waals surface area contributed by atoms with E-state index >= 15 is 0 Å². The van der Waals surface area contributed by atoms with Crippen molar-refractivity contribution in [3.05, 3.63) is 36.0 Å². The number of fused-ring (bicyclic) bond motifs is 1. The number of benzene rings is 1. The highest BCUT2D eigenvalue weighted by Gasteiger charge is 2.16. The number of unbranched alkanes of at least 4 members (excludes halogenated alkanes) is 1. The minimum absolute atomic E-state index is 0.434. The van der Waals surface area contributed by atoms with Gasteiger partial charge in [0.25, 0.3) is 0 Å². The maximum atomic E-state index is 6.07. The Hall–Kier alpha value is -2.69. The Morgan fingerprint density at radius 3 is 2.89 bits per heavy atom. The minimum Gasteiger partial charge on any atom is -0.497 e. The van der Waals surface area contributed by atoms with Crippen molar-refractivity contribution < 1.29 is 4.74 Å². The van der Waals surface area contributed by atoms with E-state index in [9.17, 15) is 0 Å². The van der Waals surface area contributed by atoms with Crippen LogP contribution in [0.1, 0.15) is 24.8 Å². The lowest BCUT2D eigenvalue weighted by molar-refractivity contribution is 0.413. The summed E-state index contributed by atoms with van der Waals surface area (Å²) in [5.74, 6) is 3.95. The number of imidazole rings is 1. The van der Waals surface area contributed by atoms with Crippen LogP contribution in [0.4, 0.5) is 5.82 Å². The lowest BCUT2D eigenvalue weighted by Crippen LogP contribution is -2.02. The summed E-state index contributed by atoms with van der Waals surface area (Å²) in [6, 6.07) is 8.06. The van der Waals surface area contributed by atoms with Gasteiger partial charge in [0.1, 0.15) is 11.3 Å². The van der Waals surface area contributed by atoms with Gasteiger partial charge in [-0.25, -0.2) is 9.97 Å². The summed E-state index contributed by atoms with van der Waals surface area (Å²) >= 11 is 1.61. The van der Waals surface area contributed by atoms with Crippen molar-refractivity contribution in [2.75, 3.05) is 19.4 Å². The molecule has 0 amide bonds. The van der Waals surface area contributed by atoms with Crippen LogP contribution in [0.15, 0.2) is 40.5 Å². The summed E-state index contributed by atoms with van der Waals surface area (Å²) in [5, 5.41) is 0.869. The number of nitrogen functional groups attached to an aromatic ring is 1. The van der Waals surface area contributed by atoms with Gasteiger partial charge in [-0.2, -0.15) is 0 Å². The molecule has 0 aliphatic carbocycles. The number of terminal acetylenes is 1. The fourth-order valence-corrected chi connectivity index (χ4v) is 4.15. The molecule has 28 heavy (non-hydrogen) atoms. The molecule has 3 aromatic rings. The van der Waals surface area contributed by atoms with Crippen molar-refractivity contribution in [1.29, 1.82) is 0 Å². The van der Waals surface area contributed by atoms with Crippen LogP contribution < -0.4 is 16.2 Å². The van der Waals surface area contributed by atoms with Crippen LogP contribution >= 0.6 is 11.8 Å². The van der Waals surface area contributed by atoms with Crippen molar-refractivity contribution in [3.63, 3.8) is 0 Å². The predicted molar refractivity (Wildman–Crippen MR) is 114 cm³/mol. The molecule has 6 nitrogen and oxygen atoms in total. The van der Waals surface area contributed by atoms with Gasteiger partial charge in [-0.1, -0.05) is 17.8 Å². The molecule has 3 rings (SSSR count). The molecule has 146 valence electrons. The summed E-state index contributed by atoms with van der Waals surface area (Å²) in [5.41, 5.74) is 14.7. The van der Waals surface area contributed by atoms with E-state index in [0.717, 1.165) is 52.6 Å². The van der Waals surface area contributed by atoms with Gasteiger partial charge in [-0.15, -0.1) is 12.3 Å². The van der Waals surface area contributed by atoms with E-state index in [-0.39, 0.29) is 0 Å². The Bertz CT molecular complexity index is 992. The lowest BCUT2D eigenvalue weighted by Gasteiger charge is -2.12. The summed E-state index contributed by atoms with van der Waals surface area (Å²) in [7, 11) is 1.67. The largest absolute Gasteiger partial charge is 0.497 e. The molecule has 0 atom stereocenters. The molecule has 0 aliphatic heterocycles. The van der Waals surface area contributed by atoms with Crippen molar-refractivity contribution in [1.82, 2.24) is 14.5 Å². The number of pyridine rings is 1. The number of hydrogen-bond donors (Lipinski definition) is 2. The Morgan fingerprint density at radius 1 is 1.29 bits per heavy atom. The van der Waals surface area contributed by atoms with Crippen LogP contribution in [0.3, 0.4) is 0 Å². The number of hydrogen-bond acceptors (Lipinski definition) is 6. The second-order valence-corrected chi connectivity index (χ2v) is 7.39. The van der Waals surface area contributed by atoms with Gasteiger partial charge >= 0.3 is 0 Å². The van der Waals surface area contributed by atoms with E-state index in [1.807, 2.05) is 18.2 Å². The number of rotatable bonds is 9. The first kappa shape index (κ1) is 20.1. The zero-order valence-electron chi connectivity index (χ0n) is 16.0. The quantitative estimate of drug-likeness (QED) is 0.426. The number of aryl methyl sites for hydroxylation is 2. The van der Waals surface area contributed by atoms with Crippen LogP contribution in [-0.4, -0.2) is 28.2 Å². The number of methoxy groups -OCH3 is 1. The lowest BCUT2D eigenvalue weighted by atomic mass is 10.1. The average Bonchev–Trinajstić information content (AvgIpc) is 3.06. The first-order valence-corrected chi connectivity index (χ1v) is 10.1. The first-order valence-electron chi connectivity index (χ1n) is 9.27. The fraction of sp³-hybridized carbons (Fsp3) is 0.333. The van der Waals surface area contributed by atoms with Crippen molar-refractivity contribution in [2.24, 2.45) is 5.73 Å². The predicted octanol–water partition coefficient (Wildman–Crippen LogP) is 3.48. The summed E-state index contributed by atoms with van der Waals surface area (Å²) < 4.78 is 7.59. The number of nitrogens with zero attached hydrogens (tertiary/aromatic N) is 3. The Balaban J connectivity index is 2.02. The molecule has 0 radical (unpaired) electrons. The van der Waals surface area contributed by atoms with E-state index in [1.165, 1.54) is 5.56 Å². The molecule has 1 aromatic carbocycles. The molecule has 2 aromatic heterocycles. The second kappa shape index (κ2) is 9.49. The number of ether oxygens (including phenoxy) is 1. The molecule has 0 saturated carbocycles. The van der Waals surface area contributed by atoms with Crippen LogP contribution in [0.2, 0.25) is 0 Å². The second-order valence-electron chi connectivity index (χ2n) is 6.39. The molecule has 7 heteroatoms. The third-order valence-electron chi connectivity index (χ3n) is 4.49.